The Balaban J connectivity index is 2.34. The van der Waals surface area contributed by atoms with E-state index in [9.17, 15) is 9.59 Å². The summed E-state index contributed by atoms with van der Waals surface area (Å²) in [4.78, 5) is 26.6. The van der Waals surface area contributed by atoms with Crippen LogP contribution in [0.4, 0.5) is 5.82 Å². The average Bonchev–Trinajstić information content (AvgIpc) is 2.44. The fourth-order valence-corrected chi connectivity index (χ4v) is 1.87. The molecule has 0 fully saturated rings. The monoisotopic (exact) mass is 273 g/mol. The van der Waals surface area contributed by atoms with Gasteiger partial charge in [-0.15, -0.1) is 0 Å². The lowest BCUT2D eigenvalue weighted by Gasteiger charge is -2.10. The van der Waals surface area contributed by atoms with Gasteiger partial charge in [0.05, 0.1) is 6.54 Å². The maximum Gasteiger partial charge on any atom is 0.354 e. The summed E-state index contributed by atoms with van der Waals surface area (Å²) in [5.74, 6) is -0.873. The summed E-state index contributed by atoms with van der Waals surface area (Å²) in [6, 6.07) is 8.80. The second-order valence-electron chi connectivity index (χ2n) is 4.19. The molecule has 6 heteroatoms. The van der Waals surface area contributed by atoms with Gasteiger partial charge < -0.3 is 15.7 Å². The second kappa shape index (κ2) is 6.01. The number of carboxylic acid groups (broad SMARTS) is 1. The van der Waals surface area contributed by atoms with Crippen LogP contribution in [-0.4, -0.2) is 35.1 Å². The van der Waals surface area contributed by atoms with Crippen LogP contribution in [0.2, 0.25) is 0 Å². The van der Waals surface area contributed by atoms with Crippen LogP contribution in [0.3, 0.4) is 0 Å². The van der Waals surface area contributed by atoms with Crippen molar-refractivity contribution in [1.29, 1.82) is 0 Å². The number of benzene rings is 1. The van der Waals surface area contributed by atoms with Gasteiger partial charge in [-0.3, -0.25) is 4.79 Å². The molecule has 20 heavy (non-hydrogen) atoms. The van der Waals surface area contributed by atoms with E-state index in [2.05, 4.69) is 15.6 Å². The number of nitrogens with zero attached hydrogens (tertiary/aromatic N) is 1. The standard InChI is InChI=1S/C14H15N3O3/c1-2-15-12(18)8-16-13-10-6-4-3-5-9(10)7-11(17-13)14(19)20/h3-7H,2,8H2,1H3,(H,15,18)(H,16,17)(H,19,20). The Morgan fingerprint density at radius 1 is 1.30 bits per heavy atom. The summed E-state index contributed by atoms with van der Waals surface area (Å²) in [7, 11) is 0. The van der Waals surface area contributed by atoms with Crippen molar-refractivity contribution < 1.29 is 14.7 Å². The largest absolute Gasteiger partial charge is 0.477 e. The molecule has 0 radical (unpaired) electrons. The zero-order valence-electron chi connectivity index (χ0n) is 11.0. The Morgan fingerprint density at radius 3 is 2.75 bits per heavy atom. The lowest BCUT2D eigenvalue weighted by atomic mass is 10.1. The van der Waals surface area contributed by atoms with Crippen LogP contribution in [0.1, 0.15) is 17.4 Å². The third-order valence-corrected chi connectivity index (χ3v) is 2.75. The zero-order valence-corrected chi connectivity index (χ0v) is 11.0. The number of aromatic carboxylic acids is 1. The average molecular weight is 273 g/mol. The fraction of sp³-hybridized carbons (Fsp3) is 0.214. The van der Waals surface area contributed by atoms with Crippen LogP contribution in [0.15, 0.2) is 30.3 Å². The summed E-state index contributed by atoms with van der Waals surface area (Å²) in [6.07, 6.45) is 0. The molecular formula is C14H15N3O3. The van der Waals surface area contributed by atoms with Crippen LogP contribution >= 0.6 is 0 Å². The van der Waals surface area contributed by atoms with Gasteiger partial charge in [-0.05, 0) is 18.4 Å². The molecule has 1 heterocycles. The minimum Gasteiger partial charge on any atom is -0.477 e. The number of aromatic nitrogens is 1. The van der Waals surface area contributed by atoms with E-state index in [4.69, 9.17) is 5.11 Å². The Hall–Kier alpha value is -2.63. The van der Waals surface area contributed by atoms with Gasteiger partial charge in [0.1, 0.15) is 5.82 Å². The van der Waals surface area contributed by atoms with E-state index in [1.165, 1.54) is 6.07 Å². The number of carbonyl (C=O) groups excluding carboxylic acids is 1. The molecule has 0 spiro atoms. The van der Waals surface area contributed by atoms with E-state index in [0.29, 0.717) is 12.4 Å². The van der Waals surface area contributed by atoms with Gasteiger partial charge in [-0.25, -0.2) is 9.78 Å². The summed E-state index contributed by atoms with van der Waals surface area (Å²) >= 11 is 0. The van der Waals surface area contributed by atoms with E-state index in [1.54, 1.807) is 6.07 Å². The predicted molar refractivity (Wildman–Crippen MR) is 75.9 cm³/mol. The van der Waals surface area contributed by atoms with Crippen molar-refractivity contribution in [3.8, 4) is 0 Å². The van der Waals surface area contributed by atoms with Crippen molar-refractivity contribution in [2.24, 2.45) is 0 Å². The first-order valence-electron chi connectivity index (χ1n) is 6.25. The molecule has 0 aliphatic rings. The highest BCUT2D eigenvalue weighted by atomic mass is 16.4. The van der Waals surface area contributed by atoms with Crippen LogP contribution < -0.4 is 10.6 Å². The zero-order chi connectivity index (χ0) is 14.5. The van der Waals surface area contributed by atoms with Crippen LogP contribution in [0.25, 0.3) is 10.8 Å². The molecule has 1 aromatic carbocycles. The fourth-order valence-electron chi connectivity index (χ4n) is 1.87. The number of hydrogen-bond acceptors (Lipinski definition) is 4. The van der Waals surface area contributed by atoms with Gasteiger partial charge in [-0.1, -0.05) is 24.3 Å². The van der Waals surface area contributed by atoms with E-state index < -0.39 is 5.97 Å². The first-order chi connectivity index (χ1) is 9.61. The van der Waals surface area contributed by atoms with Crippen LogP contribution in [-0.2, 0) is 4.79 Å². The summed E-state index contributed by atoms with van der Waals surface area (Å²) in [5.41, 5.74) is -0.0536. The molecule has 2 aromatic rings. The number of hydrogen-bond donors (Lipinski definition) is 3. The third kappa shape index (κ3) is 3.03. The van der Waals surface area contributed by atoms with E-state index in [1.807, 2.05) is 25.1 Å². The van der Waals surface area contributed by atoms with Gasteiger partial charge in [0.15, 0.2) is 5.69 Å². The Bertz CT molecular complexity index is 655. The first kappa shape index (κ1) is 13.8. The molecule has 0 bridgehead atoms. The number of nitrogens with one attached hydrogen (secondary N) is 2. The highest BCUT2D eigenvalue weighted by Gasteiger charge is 2.11. The van der Waals surface area contributed by atoms with Gasteiger partial charge in [-0.2, -0.15) is 0 Å². The summed E-state index contributed by atoms with van der Waals surface area (Å²) < 4.78 is 0. The summed E-state index contributed by atoms with van der Waals surface area (Å²) in [6.45, 7) is 2.42. The molecule has 0 unspecified atom stereocenters. The van der Waals surface area contributed by atoms with Crippen molar-refractivity contribution in [2.75, 3.05) is 18.4 Å². The third-order valence-electron chi connectivity index (χ3n) is 2.75. The highest BCUT2D eigenvalue weighted by Crippen LogP contribution is 2.22. The molecule has 104 valence electrons. The lowest BCUT2D eigenvalue weighted by Crippen LogP contribution is -2.29. The number of fused-ring (bicyclic) bond motifs is 1. The number of amides is 1. The number of rotatable bonds is 5. The first-order valence-corrected chi connectivity index (χ1v) is 6.25. The normalized spacial score (nSPS) is 10.2. The molecule has 0 aliphatic carbocycles. The highest BCUT2D eigenvalue weighted by molar-refractivity contribution is 5.98. The predicted octanol–water partition coefficient (Wildman–Crippen LogP) is 1.48. The minimum absolute atomic E-state index is 0.0495. The molecular weight excluding hydrogens is 258 g/mol. The number of carbonyl (C=O) groups is 2. The number of carboxylic acids is 1. The molecule has 0 aliphatic heterocycles. The Morgan fingerprint density at radius 2 is 2.05 bits per heavy atom. The molecule has 3 N–H and O–H groups in total. The minimum atomic E-state index is -1.10. The lowest BCUT2D eigenvalue weighted by molar-refractivity contribution is -0.119. The number of likely N-dealkylation sites (N-methyl/N-ethyl adjacent to an activating group) is 1. The van der Waals surface area contributed by atoms with Crippen molar-refractivity contribution in [2.45, 2.75) is 6.92 Å². The van der Waals surface area contributed by atoms with Crippen LogP contribution in [0.5, 0.6) is 0 Å². The maximum atomic E-state index is 11.5. The van der Waals surface area contributed by atoms with Crippen LogP contribution in [0, 0.1) is 0 Å². The molecule has 2 rings (SSSR count). The SMILES string of the molecule is CCNC(=O)CNc1nc(C(=O)O)cc2ccccc12. The van der Waals surface area contributed by atoms with Gasteiger partial charge in [0.25, 0.3) is 0 Å². The number of pyridine rings is 1. The van der Waals surface area contributed by atoms with Crippen molar-refractivity contribution in [3.63, 3.8) is 0 Å². The van der Waals surface area contributed by atoms with Crippen molar-refractivity contribution >= 4 is 28.5 Å². The van der Waals surface area contributed by atoms with E-state index >= 15 is 0 Å². The molecule has 0 atom stereocenters. The Kier molecular flexibility index (Phi) is 4.14. The van der Waals surface area contributed by atoms with E-state index in [-0.39, 0.29) is 18.1 Å². The topological polar surface area (TPSA) is 91.3 Å². The smallest absolute Gasteiger partial charge is 0.354 e. The second-order valence-corrected chi connectivity index (χ2v) is 4.19. The molecule has 0 saturated heterocycles. The van der Waals surface area contributed by atoms with Gasteiger partial charge in [0.2, 0.25) is 5.91 Å². The van der Waals surface area contributed by atoms with Crippen molar-refractivity contribution in [1.82, 2.24) is 10.3 Å². The Labute approximate surface area is 115 Å². The van der Waals surface area contributed by atoms with E-state index in [0.717, 1.165) is 10.8 Å². The quantitative estimate of drug-likeness (QED) is 0.767. The summed E-state index contributed by atoms with van der Waals surface area (Å²) in [5, 5.41) is 16.1. The van der Waals surface area contributed by atoms with Crippen molar-refractivity contribution in [3.05, 3.63) is 36.0 Å². The number of anilines is 1. The van der Waals surface area contributed by atoms with Gasteiger partial charge >= 0.3 is 5.97 Å². The maximum absolute atomic E-state index is 11.5. The van der Waals surface area contributed by atoms with Gasteiger partial charge in [0, 0.05) is 11.9 Å². The molecule has 1 aromatic heterocycles. The molecule has 1 amide bonds. The molecule has 6 nitrogen and oxygen atoms in total. The molecule has 0 saturated carbocycles.